The minimum Gasteiger partial charge on any atom is -0.508 e. The molecule has 2 nitrogen and oxygen atoms in total. The molecule has 18 heavy (non-hydrogen) atoms. The summed E-state index contributed by atoms with van der Waals surface area (Å²) in [4.78, 5) is 0. The van der Waals surface area contributed by atoms with Gasteiger partial charge in [-0.2, -0.15) is 0 Å². The van der Waals surface area contributed by atoms with Crippen molar-refractivity contribution < 1.29 is 5.11 Å². The van der Waals surface area contributed by atoms with Gasteiger partial charge >= 0.3 is 0 Å². The highest BCUT2D eigenvalue weighted by Gasteiger charge is 2.04. The first kappa shape index (κ1) is 13.1. The lowest BCUT2D eigenvalue weighted by Gasteiger charge is -2.14. The number of nitrogens with one attached hydrogen (secondary N) is 1. The van der Waals surface area contributed by atoms with Crippen LogP contribution in [0.25, 0.3) is 0 Å². The molecule has 1 atom stereocenters. The topological polar surface area (TPSA) is 32.3 Å². The molecule has 2 aromatic carbocycles. The van der Waals surface area contributed by atoms with Crippen molar-refractivity contribution >= 4 is 15.9 Å². The van der Waals surface area contributed by atoms with E-state index in [0.717, 1.165) is 16.6 Å². The molecule has 94 valence electrons. The molecule has 0 aliphatic carbocycles. The molecule has 3 heteroatoms. The van der Waals surface area contributed by atoms with Gasteiger partial charge in [-0.1, -0.05) is 40.2 Å². The largest absolute Gasteiger partial charge is 0.508 e. The fraction of sp³-hybridized carbons (Fsp3) is 0.200. The number of benzene rings is 2. The average molecular weight is 306 g/mol. The van der Waals surface area contributed by atoms with E-state index in [1.54, 1.807) is 12.1 Å². The second-order valence-corrected chi connectivity index (χ2v) is 5.24. The highest BCUT2D eigenvalue weighted by molar-refractivity contribution is 9.10. The zero-order valence-electron chi connectivity index (χ0n) is 10.2. The number of phenols is 1. The zero-order chi connectivity index (χ0) is 13.0. The first-order chi connectivity index (χ1) is 8.65. The van der Waals surface area contributed by atoms with Crippen molar-refractivity contribution in [2.75, 3.05) is 0 Å². The lowest BCUT2D eigenvalue weighted by Crippen LogP contribution is -2.17. The van der Waals surface area contributed by atoms with E-state index in [1.807, 2.05) is 24.3 Å². The molecule has 2 aromatic rings. The summed E-state index contributed by atoms with van der Waals surface area (Å²) in [5, 5.41) is 12.7. The molecule has 0 unspecified atom stereocenters. The van der Waals surface area contributed by atoms with Crippen LogP contribution in [0.5, 0.6) is 5.75 Å². The molecule has 0 saturated carbocycles. The Bertz CT molecular complexity index is 493. The Morgan fingerprint density at radius 2 is 1.67 bits per heavy atom. The Morgan fingerprint density at radius 1 is 1.06 bits per heavy atom. The van der Waals surface area contributed by atoms with Crippen LogP contribution in [-0.4, -0.2) is 5.11 Å². The summed E-state index contributed by atoms with van der Waals surface area (Å²) < 4.78 is 1.09. The van der Waals surface area contributed by atoms with Gasteiger partial charge in [0.1, 0.15) is 5.75 Å². The second-order valence-electron chi connectivity index (χ2n) is 4.32. The van der Waals surface area contributed by atoms with Crippen molar-refractivity contribution in [1.82, 2.24) is 5.32 Å². The summed E-state index contributed by atoms with van der Waals surface area (Å²) >= 11 is 3.43. The van der Waals surface area contributed by atoms with Crippen molar-refractivity contribution in [2.24, 2.45) is 0 Å². The lowest BCUT2D eigenvalue weighted by molar-refractivity contribution is 0.474. The third-order valence-electron chi connectivity index (χ3n) is 2.92. The van der Waals surface area contributed by atoms with Gasteiger partial charge in [0.2, 0.25) is 0 Å². The van der Waals surface area contributed by atoms with Crippen LogP contribution in [0.15, 0.2) is 53.0 Å². The Balaban J connectivity index is 1.93. The fourth-order valence-corrected chi connectivity index (χ4v) is 2.02. The highest BCUT2D eigenvalue weighted by Crippen LogP contribution is 2.17. The molecular formula is C15H16BrNO. The third kappa shape index (κ3) is 3.59. The quantitative estimate of drug-likeness (QED) is 0.894. The summed E-state index contributed by atoms with van der Waals surface area (Å²) in [6, 6.07) is 15.9. The number of hydrogen-bond acceptors (Lipinski definition) is 2. The number of halogens is 1. The van der Waals surface area contributed by atoms with Gasteiger partial charge in [-0.05, 0) is 42.3 Å². The molecule has 0 aliphatic rings. The second kappa shape index (κ2) is 6.03. The Hall–Kier alpha value is -1.32. The maximum Gasteiger partial charge on any atom is 0.115 e. The van der Waals surface area contributed by atoms with E-state index in [1.165, 1.54) is 5.56 Å². The van der Waals surface area contributed by atoms with Crippen LogP contribution in [-0.2, 0) is 6.54 Å². The predicted molar refractivity (Wildman–Crippen MR) is 77.5 cm³/mol. The van der Waals surface area contributed by atoms with E-state index >= 15 is 0 Å². The third-order valence-corrected chi connectivity index (χ3v) is 3.45. The van der Waals surface area contributed by atoms with E-state index < -0.39 is 0 Å². The number of aromatic hydroxyl groups is 1. The molecule has 0 radical (unpaired) electrons. The van der Waals surface area contributed by atoms with Gasteiger partial charge in [-0.25, -0.2) is 0 Å². The van der Waals surface area contributed by atoms with Gasteiger partial charge in [0, 0.05) is 17.1 Å². The van der Waals surface area contributed by atoms with Crippen molar-refractivity contribution in [1.29, 1.82) is 0 Å². The first-order valence-corrected chi connectivity index (χ1v) is 6.71. The summed E-state index contributed by atoms with van der Waals surface area (Å²) in [5.41, 5.74) is 2.42. The van der Waals surface area contributed by atoms with Gasteiger partial charge in [0.25, 0.3) is 0 Å². The summed E-state index contributed by atoms with van der Waals surface area (Å²) in [5.74, 6) is 0.305. The summed E-state index contributed by atoms with van der Waals surface area (Å²) in [6.45, 7) is 2.93. The van der Waals surface area contributed by atoms with Crippen LogP contribution in [0.4, 0.5) is 0 Å². The minimum absolute atomic E-state index is 0.298. The van der Waals surface area contributed by atoms with E-state index in [9.17, 15) is 5.11 Å². The standard InChI is InChI=1S/C15H16BrNO/c1-11(13-4-6-14(16)7-5-13)17-10-12-2-8-15(18)9-3-12/h2-9,11,17-18H,10H2,1H3/t11-/m1/s1. The van der Waals surface area contributed by atoms with Gasteiger partial charge in [0.05, 0.1) is 0 Å². The normalized spacial score (nSPS) is 12.3. The number of hydrogen-bond donors (Lipinski definition) is 2. The minimum atomic E-state index is 0.298. The molecule has 0 saturated heterocycles. The Morgan fingerprint density at radius 3 is 2.28 bits per heavy atom. The molecular weight excluding hydrogens is 290 g/mol. The molecule has 0 spiro atoms. The molecule has 0 amide bonds. The van der Waals surface area contributed by atoms with Crippen LogP contribution in [0.1, 0.15) is 24.1 Å². The van der Waals surface area contributed by atoms with Crippen molar-refractivity contribution in [3.63, 3.8) is 0 Å². The van der Waals surface area contributed by atoms with E-state index in [2.05, 4.69) is 40.3 Å². The zero-order valence-corrected chi connectivity index (χ0v) is 11.8. The molecule has 0 heterocycles. The smallest absolute Gasteiger partial charge is 0.115 e. The van der Waals surface area contributed by atoms with Gasteiger partial charge in [-0.3, -0.25) is 0 Å². The maximum atomic E-state index is 9.21. The van der Waals surface area contributed by atoms with Crippen LogP contribution < -0.4 is 5.32 Å². The van der Waals surface area contributed by atoms with Crippen LogP contribution in [0.2, 0.25) is 0 Å². The van der Waals surface area contributed by atoms with Crippen LogP contribution in [0.3, 0.4) is 0 Å². The molecule has 0 bridgehead atoms. The summed E-state index contributed by atoms with van der Waals surface area (Å²) in [7, 11) is 0. The Labute approximate surface area is 116 Å². The van der Waals surface area contributed by atoms with Crippen molar-refractivity contribution in [3.05, 3.63) is 64.1 Å². The monoisotopic (exact) mass is 305 g/mol. The predicted octanol–water partition coefficient (Wildman–Crippen LogP) is 4.01. The lowest BCUT2D eigenvalue weighted by atomic mass is 10.1. The van der Waals surface area contributed by atoms with Crippen molar-refractivity contribution in [3.8, 4) is 5.75 Å². The number of phenolic OH excluding ortho intramolecular Hbond substituents is 1. The number of rotatable bonds is 4. The maximum absolute atomic E-state index is 9.21. The highest BCUT2D eigenvalue weighted by atomic mass is 79.9. The van der Waals surface area contributed by atoms with Crippen LogP contribution >= 0.6 is 15.9 Å². The van der Waals surface area contributed by atoms with Crippen molar-refractivity contribution in [2.45, 2.75) is 19.5 Å². The van der Waals surface area contributed by atoms with E-state index in [0.29, 0.717) is 11.8 Å². The van der Waals surface area contributed by atoms with Gasteiger partial charge in [0.15, 0.2) is 0 Å². The first-order valence-electron chi connectivity index (χ1n) is 5.92. The van der Waals surface area contributed by atoms with Crippen LogP contribution in [0, 0.1) is 0 Å². The molecule has 2 N–H and O–H groups in total. The average Bonchev–Trinajstić information content (AvgIpc) is 2.38. The van der Waals surface area contributed by atoms with Gasteiger partial charge < -0.3 is 10.4 Å². The SMILES string of the molecule is C[C@@H](NCc1ccc(O)cc1)c1ccc(Br)cc1. The van der Waals surface area contributed by atoms with E-state index in [4.69, 9.17) is 0 Å². The molecule has 0 aromatic heterocycles. The van der Waals surface area contributed by atoms with E-state index in [-0.39, 0.29) is 0 Å². The molecule has 2 rings (SSSR count). The fourth-order valence-electron chi connectivity index (χ4n) is 1.75. The summed E-state index contributed by atoms with van der Waals surface area (Å²) in [6.07, 6.45) is 0. The Kier molecular flexibility index (Phi) is 4.39. The van der Waals surface area contributed by atoms with Gasteiger partial charge in [-0.15, -0.1) is 0 Å². The molecule has 0 fully saturated rings. The molecule has 0 aliphatic heterocycles.